The highest BCUT2D eigenvalue weighted by molar-refractivity contribution is 9.10. The molecule has 1 aromatic rings. The van der Waals surface area contributed by atoms with E-state index in [1.165, 1.54) is 0 Å². The molecule has 0 aliphatic heterocycles. The Balaban J connectivity index is 2.11. The van der Waals surface area contributed by atoms with E-state index >= 15 is 0 Å². The van der Waals surface area contributed by atoms with Crippen LogP contribution in [0.2, 0.25) is 0 Å². The normalized spacial score (nSPS) is 17.6. The van der Waals surface area contributed by atoms with Crippen LogP contribution in [0.1, 0.15) is 19.8 Å². The molecule has 1 N–H and O–H groups in total. The van der Waals surface area contributed by atoms with Crippen molar-refractivity contribution in [3.8, 4) is 0 Å². The van der Waals surface area contributed by atoms with Gasteiger partial charge in [0.1, 0.15) is 0 Å². The zero-order valence-corrected chi connectivity index (χ0v) is 9.60. The highest BCUT2D eigenvalue weighted by Gasteiger charge is 2.47. The second kappa shape index (κ2) is 3.39. The fourth-order valence-electron chi connectivity index (χ4n) is 1.50. The average Bonchev–Trinajstić information content (AvgIpc) is 2.90. The van der Waals surface area contributed by atoms with Crippen LogP contribution >= 0.6 is 15.9 Å². The zero-order valence-electron chi connectivity index (χ0n) is 8.01. The minimum atomic E-state index is -0.256. The van der Waals surface area contributed by atoms with E-state index in [9.17, 15) is 4.79 Å². The summed E-state index contributed by atoms with van der Waals surface area (Å²) in [7, 11) is 0. The van der Waals surface area contributed by atoms with Crippen LogP contribution in [-0.2, 0) is 4.79 Å². The molecule has 0 unspecified atom stereocenters. The van der Waals surface area contributed by atoms with Gasteiger partial charge in [0, 0.05) is 10.2 Å². The second-order valence-corrected chi connectivity index (χ2v) is 4.69. The fraction of sp³-hybridized carbons (Fsp3) is 0.364. The quantitative estimate of drug-likeness (QED) is 0.898. The number of benzene rings is 1. The predicted octanol–water partition coefficient (Wildman–Crippen LogP) is 2.98. The van der Waals surface area contributed by atoms with Gasteiger partial charge in [-0.15, -0.1) is 0 Å². The summed E-state index contributed by atoms with van der Waals surface area (Å²) in [6, 6.07) is 7.90. The second-order valence-electron chi connectivity index (χ2n) is 3.77. The lowest BCUT2D eigenvalue weighted by Gasteiger charge is -2.15. The van der Waals surface area contributed by atoms with Gasteiger partial charge in [-0.2, -0.15) is 0 Å². The minimum Gasteiger partial charge on any atom is -0.373 e. The van der Waals surface area contributed by atoms with Crippen LogP contribution in [0.15, 0.2) is 28.7 Å². The van der Waals surface area contributed by atoms with Crippen molar-refractivity contribution in [1.29, 1.82) is 0 Å². The number of hydrogen-bond donors (Lipinski definition) is 1. The maximum Gasteiger partial charge on any atom is 0.155 e. The van der Waals surface area contributed by atoms with Crippen molar-refractivity contribution in [1.82, 2.24) is 0 Å². The Bertz CT molecular complexity index is 354. The van der Waals surface area contributed by atoms with Gasteiger partial charge in [0.25, 0.3) is 0 Å². The van der Waals surface area contributed by atoms with E-state index in [0.717, 1.165) is 23.0 Å². The Morgan fingerprint density at radius 2 is 1.93 bits per heavy atom. The number of Topliss-reactive ketones (excluding diaryl/α,β-unsaturated/α-hetero) is 1. The van der Waals surface area contributed by atoms with Gasteiger partial charge in [0.15, 0.2) is 5.78 Å². The first kappa shape index (κ1) is 9.71. The van der Waals surface area contributed by atoms with Crippen LogP contribution in [0.3, 0.4) is 0 Å². The van der Waals surface area contributed by atoms with E-state index in [-0.39, 0.29) is 11.3 Å². The molecule has 0 heterocycles. The standard InChI is InChI=1S/C11H12BrNO/c1-8(14)11(6-7-11)13-10-4-2-9(12)3-5-10/h2-5,13H,6-7H2,1H3. The molecule has 0 spiro atoms. The van der Waals surface area contributed by atoms with Crippen LogP contribution in [0.25, 0.3) is 0 Å². The number of nitrogens with one attached hydrogen (secondary N) is 1. The van der Waals surface area contributed by atoms with E-state index in [0.29, 0.717) is 0 Å². The van der Waals surface area contributed by atoms with Gasteiger partial charge in [-0.05, 0) is 44.0 Å². The molecule has 3 heteroatoms. The lowest BCUT2D eigenvalue weighted by Crippen LogP contribution is -2.29. The van der Waals surface area contributed by atoms with Crippen molar-refractivity contribution in [3.05, 3.63) is 28.7 Å². The molecular formula is C11H12BrNO. The largest absolute Gasteiger partial charge is 0.373 e. The summed E-state index contributed by atoms with van der Waals surface area (Å²) in [5.74, 6) is 0.236. The predicted molar refractivity (Wildman–Crippen MR) is 60.4 cm³/mol. The number of anilines is 1. The van der Waals surface area contributed by atoms with E-state index in [1.54, 1.807) is 6.92 Å². The molecule has 1 saturated carbocycles. The summed E-state index contributed by atoms with van der Waals surface area (Å²) in [5, 5.41) is 3.29. The van der Waals surface area contributed by atoms with E-state index in [4.69, 9.17) is 0 Å². The van der Waals surface area contributed by atoms with E-state index in [1.807, 2.05) is 24.3 Å². The lowest BCUT2D eigenvalue weighted by molar-refractivity contribution is -0.118. The van der Waals surface area contributed by atoms with Crippen LogP contribution in [0.5, 0.6) is 0 Å². The molecule has 14 heavy (non-hydrogen) atoms. The number of hydrogen-bond acceptors (Lipinski definition) is 2. The zero-order chi connectivity index (χ0) is 10.2. The molecule has 0 amide bonds. The summed E-state index contributed by atoms with van der Waals surface area (Å²) in [5.41, 5.74) is 0.759. The molecule has 0 atom stereocenters. The monoisotopic (exact) mass is 253 g/mol. The first-order valence-corrected chi connectivity index (χ1v) is 5.46. The summed E-state index contributed by atoms with van der Waals surface area (Å²) in [6.45, 7) is 1.65. The molecule has 0 saturated heterocycles. The van der Waals surface area contributed by atoms with Crippen molar-refractivity contribution in [2.75, 3.05) is 5.32 Å². The van der Waals surface area contributed by atoms with Gasteiger partial charge in [0.2, 0.25) is 0 Å². The third-order valence-corrected chi connectivity index (χ3v) is 3.18. The van der Waals surface area contributed by atoms with Gasteiger partial charge in [-0.25, -0.2) is 0 Å². The number of ketones is 1. The maximum absolute atomic E-state index is 11.3. The Morgan fingerprint density at radius 3 is 2.36 bits per heavy atom. The van der Waals surface area contributed by atoms with Crippen molar-refractivity contribution in [2.45, 2.75) is 25.3 Å². The van der Waals surface area contributed by atoms with Gasteiger partial charge in [0.05, 0.1) is 5.54 Å². The number of rotatable bonds is 3. The topological polar surface area (TPSA) is 29.1 Å². The van der Waals surface area contributed by atoms with Crippen molar-refractivity contribution in [3.63, 3.8) is 0 Å². The third kappa shape index (κ3) is 1.82. The Hall–Kier alpha value is -0.830. The van der Waals surface area contributed by atoms with Gasteiger partial charge in [-0.1, -0.05) is 15.9 Å². The Labute approximate surface area is 91.8 Å². The molecule has 2 rings (SSSR count). The maximum atomic E-state index is 11.3. The number of carbonyl (C=O) groups is 1. The fourth-order valence-corrected chi connectivity index (χ4v) is 1.76. The molecule has 0 radical (unpaired) electrons. The van der Waals surface area contributed by atoms with Crippen LogP contribution < -0.4 is 5.32 Å². The van der Waals surface area contributed by atoms with Crippen LogP contribution in [-0.4, -0.2) is 11.3 Å². The molecule has 0 aromatic heterocycles. The molecule has 1 fully saturated rings. The van der Waals surface area contributed by atoms with E-state index in [2.05, 4.69) is 21.2 Å². The van der Waals surface area contributed by atoms with Gasteiger partial charge >= 0.3 is 0 Å². The average molecular weight is 254 g/mol. The van der Waals surface area contributed by atoms with E-state index < -0.39 is 0 Å². The molecular weight excluding hydrogens is 242 g/mol. The summed E-state index contributed by atoms with van der Waals surface area (Å²) < 4.78 is 1.05. The van der Waals surface area contributed by atoms with Crippen molar-refractivity contribution < 1.29 is 4.79 Å². The lowest BCUT2D eigenvalue weighted by atomic mass is 10.1. The molecule has 1 aliphatic rings. The van der Waals surface area contributed by atoms with Crippen LogP contribution in [0.4, 0.5) is 5.69 Å². The number of halogens is 1. The van der Waals surface area contributed by atoms with Crippen molar-refractivity contribution in [2.24, 2.45) is 0 Å². The van der Waals surface area contributed by atoms with Crippen LogP contribution in [0, 0.1) is 0 Å². The highest BCUT2D eigenvalue weighted by Crippen LogP contribution is 2.39. The molecule has 2 nitrogen and oxygen atoms in total. The molecule has 74 valence electrons. The summed E-state index contributed by atoms with van der Waals surface area (Å²) in [6.07, 6.45) is 1.91. The third-order valence-electron chi connectivity index (χ3n) is 2.65. The van der Waals surface area contributed by atoms with Gasteiger partial charge < -0.3 is 5.32 Å². The SMILES string of the molecule is CC(=O)C1(Nc2ccc(Br)cc2)CC1. The first-order chi connectivity index (χ1) is 6.62. The van der Waals surface area contributed by atoms with Crippen molar-refractivity contribution >= 4 is 27.4 Å². The van der Waals surface area contributed by atoms with Gasteiger partial charge in [-0.3, -0.25) is 4.79 Å². The highest BCUT2D eigenvalue weighted by atomic mass is 79.9. The number of carbonyl (C=O) groups excluding carboxylic acids is 1. The summed E-state index contributed by atoms with van der Waals surface area (Å²) >= 11 is 3.37. The molecule has 0 bridgehead atoms. The first-order valence-electron chi connectivity index (χ1n) is 4.67. The molecule has 1 aromatic carbocycles. The summed E-state index contributed by atoms with van der Waals surface area (Å²) in [4.78, 5) is 11.3. The Morgan fingerprint density at radius 1 is 1.36 bits per heavy atom. The smallest absolute Gasteiger partial charge is 0.155 e. The molecule has 1 aliphatic carbocycles. The Kier molecular flexibility index (Phi) is 2.35. The minimum absolute atomic E-state index is 0.236.